The van der Waals surface area contributed by atoms with E-state index in [-0.39, 0.29) is 22.7 Å². The van der Waals surface area contributed by atoms with E-state index in [4.69, 9.17) is 0 Å². The minimum atomic E-state index is -4.53. The maximum absolute atomic E-state index is 13.1. The third-order valence-electron chi connectivity index (χ3n) is 4.08. The molecule has 0 fully saturated rings. The van der Waals surface area contributed by atoms with Crippen LogP contribution in [0.3, 0.4) is 0 Å². The summed E-state index contributed by atoms with van der Waals surface area (Å²) in [6.45, 7) is 1.82. The normalized spacial score (nSPS) is 12.9. The molecule has 4 aromatic heterocycles. The van der Waals surface area contributed by atoms with Gasteiger partial charge in [-0.15, -0.1) is 16.9 Å². The highest BCUT2D eigenvalue weighted by Crippen LogP contribution is 2.37. The molecule has 0 amide bonds. The quantitative estimate of drug-likeness (QED) is 0.331. The zero-order chi connectivity index (χ0) is 21.0. The van der Waals surface area contributed by atoms with E-state index in [0.717, 1.165) is 35.0 Å². The summed E-state index contributed by atoms with van der Waals surface area (Å²) in [4.78, 5) is 4.53. The Labute approximate surface area is 163 Å². The molecule has 0 radical (unpaired) electrons. The number of hydrogen-bond donors (Lipinski definition) is 0. The fraction of sp³-hybridized carbons (Fsp3) is 0.235. The Balaban J connectivity index is 1.89. The lowest BCUT2D eigenvalue weighted by atomic mass is 10.2. The van der Waals surface area contributed by atoms with Crippen molar-refractivity contribution in [1.29, 1.82) is 0 Å². The molecule has 0 aliphatic rings. The highest BCUT2D eigenvalue weighted by molar-refractivity contribution is 7.99. The lowest BCUT2D eigenvalue weighted by molar-refractivity contribution is -0.138. The summed E-state index contributed by atoms with van der Waals surface area (Å²) in [5.74, 6) is 0.563. The fourth-order valence-electron chi connectivity index (χ4n) is 2.79. The largest absolute Gasteiger partial charge is 0.416 e. The molecule has 0 unspecified atom stereocenters. The van der Waals surface area contributed by atoms with Gasteiger partial charge in [-0.1, -0.05) is 6.92 Å². The Morgan fingerprint density at radius 2 is 1.52 bits per heavy atom. The summed E-state index contributed by atoms with van der Waals surface area (Å²) in [7, 11) is 0. The molecule has 0 aliphatic carbocycles. The lowest BCUT2D eigenvalue weighted by Gasteiger charge is -2.06. The van der Waals surface area contributed by atoms with E-state index < -0.39 is 23.5 Å². The second-order valence-electron chi connectivity index (χ2n) is 6.01. The van der Waals surface area contributed by atoms with Crippen LogP contribution in [0.5, 0.6) is 0 Å². The summed E-state index contributed by atoms with van der Waals surface area (Å²) in [5.41, 5.74) is -1.33. The zero-order valence-corrected chi connectivity index (χ0v) is 15.4. The molecule has 0 aromatic carbocycles. The Bertz CT molecular complexity index is 1210. The number of rotatable bonds is 3. The SMILES string of the molecule is CCSc1c(-c2nc3cc(C(F)(F)F)ccn3n2)nn2ccc(C(F)(F)F)cc12. The van der Waals surface area contributed by atoms with E-state index in [1.54, 1.807) is 0 Å². The van der Waals surface area contributed by atoms with Crippen LogP contribution >= 0.6 is 11.8 Å². The van der Waals surface area contributed by atoms with Crippen molar-refractivity contribution in [3.05, 3.63) is 47.8 Å². The van der Waals surface area contributed by atoms with Crippen molar-refractivity contribution in [3.8, 4) is 11.5 Å². The molecule has 0 aliphatic heterocycles. The summed E-state index contributed by atoms with van der Waals surface area (Å²) in [6.07, 6.45) is -6.75. The van der Waals surface area contributed by atoms with E-state index in [0.29, 0.717) is 10.6 Å². The fourth-order valence-corrected chi connectivity index (χ4v) is 3.65. The summed E-state index contributed by atoms with van der Waals surface area (Å²) in [6, 6.07) is 3.59. The first-order valence-electron chi connectivity index (χ1n) is 8.24. The van der Waals surface area contributed by atoms with Crippen LogP contribution in [0.25, 0.3) is 22.7 Å². The van der Waals surface area contributed by atoms with Crippen molar-refractivity contribution < 1.29 is 26.3 Å². The number of halogens is 6. The van der Waals surface area contributed by atoms with Crippen LogP contribution in [0.2, 0.25) is 0 Å². The van der Waals surface area contributed by atoms with E-state index >= 15 is 0 Å². The van der Waals surface area contributed by atoms with E-state index in [2.05, 4.69) is 15.2 Å². The summed E-state index contributed by atoms with van der Waals surface area (Å²) in [5, 5.41) is 8.40. The monoisotopic (exact) mass is 431 g/mol. The lowest BCUT2D eigenvalue weighted by Crippen LogP contribution is -2.05. The molecule has 0 N–H and O–H groups in total. The van der Waals surface area contributed by atoms with Crippen LogP contribution < -0.4 is 0 Å². The molecule has 4 heterocycles. The van der Waals surface area contributed by atoms with Gasteiger partial charge in [-0.2, -0.15) is 31.4 Å². The molecule has 0 saturated heterocycles. The minimum Gasteiger partial charge on any atom is -0.239 e. The molecule has 0 atom stereocenters. The third-order valence-corrected chi connectivity index (χ3v) is 5.06. The molecule has 4 aromatic rings. The standard InChI is InChI=1S/C17H11F6N5S/c1-2-29-14-11-7-9(16(18,19)20)3-5-27(11)25-13(14)15-24-12-8-10(17(21,22)23)4-6-28(12)26-15/h3-8H,2H2,1H3. The number of fused-ring (bicyclic) bond motifs is 2. The Hall–Kier alpha value is -2.76. The average molecular weight is 431 g/mol. The first-order valence-corrected chi connectivity index (χ1v) is 9.23. The van der Waals surface area contributed by atoms with E-state index in [9.17, 15) is 26.3 Å². The van der Waals surface area contributed by atoms with Crippen LogP contribution in [0.1, 0.15) is 18.1 Å². The molecule has 152 valence electrons. The molecular formula is C17H11F6N5S. The highest BCUT2D eigenvalue weighted by atomic mass is 32.2. The molecule has 0 saturated carbocycles. The van der Waals surface area contributed by atoms with Gasteiger partial charge in [0.1, 0.15) is 5.69 Å². The van der Waals surface area contributed by atoms with Crippen molar-refractivity contribution in [3.63, 3.8) is 0 Å². The Kier molecular flexibility index (Phi) is 4.48. The van der Waals surface area contributed by atoms with Crippen molar-refractivity contribution >= 4 is 22.9 Å². The smallest absolute Gasteiger partial charge is 0.239 e. The second-order valence-corrected chi connectivity index (χ2v) is 7.28. The summed E-state index contributed by atoms with van der Waals surface area (Å²) >= 11 is 1.25. The molecule has 29 heavy (non-hydrogen) atoms. The maximum atomic E-state index is 13.1. The number of pyridine rings is 2. The van der Waals surface area contributed by atoms with Gasteiger partial charge < -0.3 is 0 Å². The molecule has 12 heteroatoms. The second kappa shape index (κ2) is 6.65. The van der Waals surface area contributed by atoms with Crippen molar-refractivity contribution in [2.24, 2.45) is 0 Å². The molecule has 0 bridgehead atoms. The topological polar surface area (TPSA) is 47.5 Å². The number of aromatic nitrogens is 5. The average Bonchev–Trinajstić information content (AvgIpc) is 3.21. The van der Waals surface area contributed by atoms with Gasteiger partial charge in [0.05, 0.1) is 21.5 Å². The van der Waals surface area contributed by atoms with Gasteiger partial charge in [-0.3, -0.25) is 0 Å². The van der Waals surface area contributed by atoms with Crippen LogP contribution in [-0.2, 0) is 12.4 Å². The van der Waals surface area contributed by atoms with Crippen molar-refractivity contribution in [1.82, 2.24) is 24.2 Å². The number of alkyl halides is 6. The van der Waals surface area contributed by atoms with Gasteiger partial charge >= 0.3 is 12.4 Å². The van der Waals surface area contributed by atoms with Crippen molar-refractivity contribution in [2.45, 2.75) is 24.2 Å². The first kappa shape index (κ1) is 19.6. The van der Waals surface area contributed by atoms with E-state index in [1.807, 2.05) is 6.92 Å². The van der Waals surface area contributed by atoms with Gasteiger partial charge in [0.15, 0.2) is 5.65 Å². The predicted octanol–water partition coefficient (Wildman–Crippen LogP) is 5.19. The maximum Gasteiger partial charge on any atom is 0.416 e. The third kappa shape index (κ3) is 3.52. The molecule has 5 nitrogen and oxygen atoms in total. The number of thioether (sulfide) groups is 1. The number of nitrogens with zero attached hydrogens (tertiary/aromatic N) is 5. The van der Waals surface area contributed by atoms with Crippen LogP contribution in [0.15, 0.2) is 41.6 Å². The van der Waals surface area contributed by atoms with Gasteiger partial charge in [0.25, 0.3) is 0 Å². The van der Waals surface area contributed by atoms with Crippen molar-refractivity contribution in [2.75, 3.05) is 5.75 Å². The van der Waals surface area contributed by atoms with Gasteiger partial charge in [0.2, 0.25) is 5.82 Å². The molecule has 0 spiro atoms. The molecule has 4 rings (SSSR count). The van der Waals surface area contributed by atoms with Gasteiger partial charge in [0, 0.05) is 12.4 Å². The minimum absolute atomic E-state index is 0.0255. The Morgan fingerprint density at radius 3 is 2.14 bits per heavy atom. The van der Waals surface area contributed by atoms with Crippen LogP contribution in [-0.4, -0.2) is 30.0 Å². The summed E-state index contributed by atoms with van der Waals surface area (Å²) < 4.78 is 80.4. The number of hydrogen-bond acceptors (Lipinski definition) is 4. The predicted molar refractivity (Wildman–Crippen MR) is 93.6 cm³/mol. The zero-order valence-electron chi connectivity index (χ0n) is 14.6. The first-order chi connectivity index (χ1) is 13.6. The van der Waals surface area contributed by atoms with E-state index in [1.165, 1.54) is 22.5 Å². The molecular weight excluding hydrogens is 420 g/mol. The highest BCUT2D eigenvalue weighted by Gasteiger charge is 2.32. The Morgan fingerprint density at radius 1 is 0.897 bits per heavy atom. The van der Waals surface area contributed by atoms with Gasteiger partial charge in [-0.05, 0) is 30.0 Å². The van der Waals surface area contributed by atoms with Crippen LogP contribution in [0.4, 0.5) is 26.3 Å². The van der Waals surface area contributed by atoms with Gasteiger partial charge in [-0.25, -0.2) is 14.0 Å². The van der Waals surface area contributed by atoms with Crippen LogP contribution in [0, 0.1) is 0 Å².